The average molecular weight is 325 g/mol. The topological polar surface area (TPSA) is 113 Å². The molecule has 0 radical (unpaired) electrons. The maximum atomic E-state index is 11.2. The number of aromatic nitrogens is 2. The molecule has 0 unspecified atom stereocenters. The highest BCUT2D eigenvalue weighted by molar-refractivity contribution is 5.76. The van der Waals surface area contributed by atoms with Crippen molar-refractivity contribution in [3.8, 4) is 17.0 Å². The Balaban J connectivity index is 1.54. The minimum absolute atomic E-state index is 0.00947. The summed E-state index contributed by atoms with van der Waals surface area (Å²) in [7, 11) is 0. The summed E-state index contributed by atoms with van der Waals surface area (Å²) in [4.78, 5) is 11.2. The molecule has 3 fully saturated rings. The van der Waals surface area contributed by atoms with E-state index >= 15 is 0 Å². The van der Waals surface area contributed by atoms with E-state index in [4.69, 9.17) is 5.73 Å². The highest BCUT2D eigenvalue weighted by Crippen LogP contribution is 2.62. The van der Waals surface area contributed by atoms with E-state index in [0.29, 0.717) is 22.8 Å². The molecule has 0 aliphatic heterocycles. The van der Waals surface area contributed by atoms with Gasteiger partial charge in [0.15, 0.2) is 5.82 Å². The molecular formula is C17H19N5O2. The zero-order valence-electron chi connectivity index (χ0n) is 13.3. The lowest BCUT2D eigenvalue weighted by Crippen LogP contribution is -2.81. The fourth-order valence-corrected chi connectivity index (χ4v) is 4.04. The molecule has 3 aliphatic rings. The van der Waals surface area contributed by atoms with E-state index in [2.05, 4.69) is 20.8 Å². The number of hydrogen-bond donors (Lipinski definition) is 4. The van der Waals surface area contributed by atoms with E-state index in [1.807, 2.05) is 12.1 Å². The molecule has 5 N–H and O–H groups in total. The van der Waals surface area contributed by atoms with Gasteiger partial charge in [0.05, 0.1) is 11.4 Å². The summed E-state index contributed by atoms with van der Waals surface area (Å²) in [5.74, 6) is 0.486. The zero-order valence-corrected chi connectivity index (χ0v) is 13.3. The molecule has 0 spiro atoms. The first kappa shape index (κ1) is 14.7. The highest BCUT2D eigenvalue weighted by atomic mass is 16.3. The number of amides is 1. The van der Waals surface area contributed by atoms with Crippen LogP contribution in [0.5, 0.6) is 5.75 Å². The second-order valence-electron chi connectivity index (χ2n) is 6.94. The molecule has 1 amide bonds. The molecule has 2 bridgehead atoms. The standard InChI is InChI=1S/C17H19N5O2/c1-10(23)19-16-7-17(8-16,9-16)20-13-6-12(21-22-15(13)18)11-4-2-3-5-14(11)24/h2-6,24H,7-9H2,1H3,(H2,18,22)(H,19,23)(H,20,21). The number of phenolic OH excluding ortho intramolecular Hbond substituents is 1. The largest absolute Gasteiger partial charge is 0.507 e. The molecule has 1 heterocycles. The number of carbonyl (C=O) groups is 1. The lowest BCUT2D eigenvalue weighted by atomic mass is 9.44. The number of carbonyl (C=O) groups excluding carboxylic acids is 1. The van der Waals surface area contributed by atoms with Gasteiger partial charge in [-0.15, -0.1) is 10.2 Å². The van der Waals surface area contributed by atoms with E-state index < -0.39 is 0 Å². The van der Waals surface area contributed by atoms with Gasteiger partial charge in [-0.3, -0.25) is 4.79 Å². The lowest BCUT2D eigenvalue weighted by molar-refractivity contribution is -0.131. The molecule has 124 valence electrons. The number of phenols is 1. The van der Waals surface area contributed by atoms with Crippen LogP contribution in [0.15, 0.2) is 30.3 Å². The number of nitrogen functional groups attached to an aromatic ring is 1. The molecule has 24 heavy (non-hydrogen) atoms. The molecule has 3 saturated carbocycles. The summed E-state index contributed by atoms with van der Waals surface area (Å²) in [6.07, 6.45) is 2.65. The summed E-state index contributed by atoms with van der Waals surface area (Å²) >= 11 is 0. The molecule has 0 atom stereocenters. The number of aromatic hydroxyl groups is 1. The van der Waals surface area contributed by atoms with E-state index in [0.717, 1.165) is 19.3 Å². The van der Waals surface area contributed by atoms with Crippen LogP contribution in [-0.4, -0.2) is 32.3 Å². The minimum Gasteiger partial charge on any atom is -0.507 e. The van der Waals surface area contributed by atoms with Crippen molar-refractivity contribution in [3.63, 3.8) is 0 Å². The van der Waals surface area contributed by atoms with Crippen LogP contribution >= 0.6 is 0 Å². The Kier molecular flexibility index (Phi) is 2.97. The predicted octanol–water partition coefficient (Wildman–Crippen LogP) is 1.65. The van der Waals surface area contributed by atoms with Crippen LogP contribution in [-0.2, 0) is 4.79 Å². The van der Waals surface area contributed by atoms with Gasteiger partial charge < -0.3 is 21.5 Å². The van der Waals surface area contributed by atoms with Crippen LogP contribution in [0, 0.1) is 0 Å². The Labute approximate surface area is 139 Å². The highest BCUT2D eigenvalue weighted by Gasteiger charge is 2.68. The van der Waals surface area contributed by atoms with Gasteiger partial charge in [0.2, 0.25) is 5.91 Å². The number of anilines is 2. The van der Waals surface area contributed by atoms with Gasteiger partial charge in [-0.05, 0) is 37.5 Å². The summed E-state index contributed by atoms with van der Waals surface area (Å²) in [5.41, 5.74) is 7.76. The van der Waals surface area contributed by atoms with Crippen LogP contribution in [0.25, 0.3) is 11.3 Å². The Bertz CT molecular complexity index is 816. The minimum atomic E-state index is -0.0470. The number of benzene rings is 1. The Hall–Kier alpha value is -2.83. The van der Waals surface area contributed by atoms with E-state index in [1.165, 1.54) is 0 Å². The maximum Gasteiger partial charge on any atom is 0.217 e. The first-order valence-electron chi connectivity index (χ1n) is 7.89. The van der Waals surface area contributed by atoms with Crippen molar-refractivity contribution >= 4 is 17.4 Å². The number of para-hydroxylation sites is 1. The molecule has 2 aromatic rings. The quantitative estimate of drug-likeness (QED) is 0.680. The van der Waals surface area contributed by atoms with E-state index in [-0.39, 0.29) is 22.7 Å². The van der Waals surface area contributed by atoms with Crippen molar-refractivity contribution in [3.05, 3.63) is 30.3 Å². The third-order valence-electron chi connectivity index (χ3n) is 4.87. The summed E-state index contributed by atoms with van der Waals surface area (Å²) < 4.78 is 0. The molecule has 0 saturated heterocycles. The predicted molar refractivity (Wildman–Crippen MR) is 90.3 cm³/mol. The van der Waals surface area contributed by atoms with Crippen molar-refractivity contribution in [2.24, 2.45) is 0 Å². The number of nitrogens with two attached hydrogens (primary N) is 1. The number of nitrogens with one attached hydrogen (secondary N) is 2. The Morgan fingerprint density at radius 2 is 1.92 bits per heavy atom. The van der Waals surface area contributed by atoms with Gasteiger partial charge in [-0.25, -0.2) is 0 Å². The molecule has 3 aliphatic carbocycles. The van der Waals surface area contributed by atoms with Crippen LogP contribution in [0.1, 0.15) is 26.2 Å². The van der Waals surface area contributed by atoms with E-state index in [1.54, 1.807) is 25.1 Å². The summed E-state index contributed by atoms with van der Waals surface area (Å²) in [6.45, 7) is 1.55. The Morgan fingerprint density at radius 1 is 1.21 bits per heavy atom. The summed E-state index contributed by atoms with van der Waals surface area (Å²) in [5, 5.41) is 24.5. The van der Waals surface area contributed by atoms with Gasteiger partial charge >= 0.3 is 0 Å². The number of hydrogen-bond acceptors (Lipinski definition) is 6. The smallest absolute Gasteiger partial charge is 0.217 e. The molecule has 7 heteroatoms. The molecule has 1 aromatic carbocycles. The molecule has 7 nitrogen and oxygen atoms in total. The Morgan fingerprint density at radius 3 is 2.58 bits per heavy atom. The maximum absolute atomic E-state index is 11.2. The zero-order chi connectivity index (χ0) is 16.9. The first-order chi connectivity index (χ1) is 11.4. The van der Waals surface area contributed by atoms with Crippen molar-refractivity contribution in [1.82, 2.24) is 15.5 Å². The van der Waals surface area contributed by atoms with Crippen LogP contribution < -0.4 is 16.4 Å². The van der Waals surface area contributed by atoms with Crippen LogP contribution in [0.4, 0.5) is 11.5 Å². The SMILES string of the molecule is CC(=O)NC12CC(Nc3cc(-c4ccccc4O)nnc3N)(C1)C2. The third-order valence-corrected chi connectivity index (χ3v) is 4.87. The lowest BCUT2D eigenvalue weighted by Gasteiger charge is -2.70. The third kappa shape index (κ3) is 2.24. The van der Waals surface area contributed by atoms with Gasteiger partial charge in [0.25, 0.3) is 0 Å². The first-order valence-corrected chi connectivity index (χ1v) is 7.89. The van der Waals surface area contributed by atoms with Crippen LogP contribution in [0.3, 0.4) is 0 Å². The van der Waals surface area contributed by atoms with E-state index in [9.17, 15) is 9.90 Å². The van der Waals surface area contributed by atoms with Gasteiger partial charge in [-0.2, -0.15) is 0 Å². The van der Waals surface area contributed by atoms with Crippen molar-refractivity contribution in [2.45, 2.75) is 37.3 Å². The number of nitrogens with zero attached hydrogens (tertiary/aromatic N) is 2. The normalized spacial score (nSPS) is 26.9. The van der Waals surface area contributed by atoms with Gasteiger partial charge in [0, 0.05) is 23.6 Å². The molecule has 5 rings (SSSR count). The second-order valence-corrected chi connectivity index (χ2v) is 6.94. The van der Waals surface area contributed by atoms with Crippen LogP contribution in [0.2, 0.25) is 0 Å². The fourth-order valence-electron chi connectivity index (χ4n) is 4.04. The average Bonchev–Trinajstić information content (AvgIpc) is 2.46. The molecular weight excluding hydrogens is 306 g/mol. The number of rotatable bonds is 4. The van der Waals surface area contributed by atoms with Gasteiger partial charge in [-0.1, -0.05) is 12.1 Å². The fraction of sp³-hybridized carbons (Fsp3) is 0.353. The van der Waals surface area contributed by atoms with Crippen molar-refractivity contribution in [1.29, 1.82) is 0 Å². The molecule has 1 aromatic heterocycles. The second kappa shape index (κ2) is 4.83. The summed E-state index contributed by atoms with van der Waals surface area (Å²) in [6, 6.07) is 8.79. The van der Waals surface area contributed by atoms with Crippen molar-refractivity contribution < 1.29 is 9.90 Å². The van der Waals surface area contributed by atoms with Gasteiger partial charge in [0.1, 0.15) is 5.75 Å². The monoisotopic (exact) mass is 325 g/mol. The van der Waals surface area contributed by atoms with Crippen molar-refractivity contribution in [2.75, 3.05) is 11.1 Å².